The summed E-state index contributed by atoms with van der Waals surface area (Å²) < 4.78 is 57.7. The van der Waals surface area contributed by atoms with Gasteiger partial charge in [0.05, 0.1) is 65.6 Å². The predicted octanol–water partition coefficient (Wildman–Crippen LogP) is -6.47. The van der Waals surface area contributed by atoms with E-state index in [9.17, 15) is 93.9 Å². The number of aliphatic hydroxyl groups is 9. The lowest BCUT2D eigenvalue weighted by Gasteiger charge is -2.42. The van der Waals surface area contributed by atoms with Crippen molar-refractivity contribution in [2.24, 2.45) is 5.92 Å². The van der Waals surface area contributed by atoms with E-state index in [-0.39, 0.29) is 185 Å². The van der Waals surface area contributed by atoms with Crippen molar-refractivity contribution in [3.05, 3.63) is 0 Å². The quantitative estimate of drug-likeness (QED) is 0.0252. The Morgan fingerprint density at radius 1 is 0.370 bits per heavy atom. The Morgan fingerprint density at radius 3 is 0.907 bits per heavy atom. The van der Waals surface area contributed by atoms with Crippen LogP contribution in [0.2, 0.25) is 0 Å². The second-order valence-electron chi connectivity index (χ2n) is 27.3. The highest BCUT2D eigenvalue weighted by molar-refractivity contribution is 5.80. The van der Waals surface area contributed by atoms with Gasteiger partial charge in [-0.2, -0.15) is 0 Å². The van der Waals surface area contributed by atoms with E-state index in [0.717, 1.165) is 0 Å². The first-order valence-corrected chi connectivity index (χ1v) is 37.5. The lowest BCUT2D eigenvalue weighted by Crippen LogP contribution is -2.64. The largest absolute Gasteiger partial charge is 0.394 e. The van der Waals surface area contributed by atoms with Crippen LogP contribution in [0.3, 0.4) is 0 Å². The highest BCUT2D eigenvalue weighted by Gasteiger charge is 2.48. The SMILES string of the molecule is COC1CCC(C(=O)NC(COCCC(=O)NCCCNC(=O)CCCCOC2OC(CO)C(O)C(O)C2NC(C)=O)(COCCC(=O)NCCCNC(=O)CCCCOC2OC(CO)C(O)C(O)C2NC(C)=O)COCCC(=O)NCCCNC(=O)CCCCOC2OC(CO)C(O)C(O)C2NC(C)=O)CC1. The van der Waals surface area contributed by atoms with Crippen LogP contribution in [-0.4, -0.2) is 334 Å². The third-order valence-electron chi connectivity index (χ3n) is 18.3. The number of amides is 10. The minimum Gasteiger partial charge on any atom is -0.394 e. The van der Waals surface area contributed by atoms with Crippen molar-refractivity contribution in [3.63, 3.8) is 0 Å². The van der Waals surface area contributed by atoms with Crippen molar-refractivity contribution in [2.45, 2.75) is 246 Å². The summed E-state index contributed by atoms with van der Waals surface area (Å²) >= 11 is 0. The van der Waals surface area contributed by atoms with Gasteiger partial charge in [0.1, 0.15) is 78.6 Å². The van der Waals surface area contributed by atoms with E-state index >= 15 is 0 Å². The van der Waals surface area contributed by atoms with E-state index in [1.807, 2.05) is 0 Å². The zero-order chi connectivity index (χ0) is 79.4. The molecule has 0 aromatic rings. The summed E-state index contributed by atoms with van der Waals surface area (Å²) in [7, 11) is 1.61. The van der Waals surface area contributed by atoms with E-state index in [1.165, 1.54) is 20.8 Å². The summed E-state index contributed by atoms with van der Waals surface area (Å²) in [5.41, 5.74) is -1.41. The number of carbonyl (C=O) groups is 10. The fourth-order valence-electron chi connectivity index (χ4n) is 12.2. The molecular weight excluding hydrogens is 1430 g/mol. The number of hydrogen-bond donors (Lipinski definition) is 19. The molecule has 0 radical (unpaired) electrons. The summed E-state index contributed by atoms with van der Waals surface area (Å²) in [4.78, 5) is 126. The van der Waals surface area contributed by atoms with Crippen LogP contribution in [0.4, 0.5) is 0 Å². The van der Waals surface area contributed by atoms with E-state index in [0.29, 0.717) is 83.5 Å². The fourth-order valence-corrected chi connectivity index (χ4v) is 12.2. The van der Waals surface area contributed by atoms with Crippen LogP contribution in [0.5, 0.6) is 0 Å². The summed E-state index contributed by atoms with van der Waals surface area (Å²) in [6, 6.07) is -3.27. The first-order chi connectivity index (χ1) is 51.7. The van der Waals surface area contributed by atoms with Crippen LogP contribution >= 0.6 is 0 Å². The van der Waals surface area contributed by atoms with Crippen molar-refractivity contribution in [1.82, 2.24) is 53.2 Å². The Hall–Kier alpha value is -6.06. The van der Waals surface area contributed by atoms with Crippen LogP contribution in [0.25, 0.3) is 0 Å². The summed E-state index contributed by atoms with van der Waals surface area (Å²) in [5.74, 6) is -4.01. The molecule has 39 nitrogen and oxygen atoms in total. The highest BCUT2D eigenvalue weighted by Crippen LogP contribution is 2.29. The molecule has 4 rings (SSSR count). The Morgan fingerprint density at radius 2 is 0.648 bits per heavy atom. The number of aliphatic hydroxyl groups excluding tert-OH is 9. The molecule has 3 aliphatic heterocycles. The molecular formula is C69H122N10O29. The summed E-state index contributed by atoms with van der Waals surface area (Å²) in [5, 5.41) is 118. The molecule has 15 atom stereocenters. The summed E-state index contributed by atoms with van der Waals surface area (Å²) in [6.07, 6.45) is -9.49. The Bertz CT molecular complexity index is 2430. The van der Waals surface area contributed by atoms with Gasteiger partial charge < -0.3 is 146 Å². The second-order valence-corrected chi connectivity index (χ2v) is 27.3. The third-order valence-corrected chi connectivity index (χ3v) is 18.3. The average Bonchev–Trinajstić information content (AvgIpc) is 0.819. The smallest absolute Gasteiger partial charge is 0.223 e. The Kier molecular flexibility index (Phi) is 46.3. The van der Waals surface area contributed by atoms with Gasteiger partial charge in [0, 0.05) is 131 Å². The number of nitrogens with one attached hydrogen (secondary N) is 10. The fraction of sp³-hybridized carbons (Fsp3) is 0.855. The van der Waals surface area contributed by atoms with Crippen molar-refractivity contribution >= 4 is 59.1 Å². The number of methoxy groups -OCH3 is 1. The van der Waals surface area contributed by atoms with Gasteiger partial charge in [-0.3, -0.25) is 47.9 Å². The monoisotopic (exact) mass is 1550 g/mol. The molecule has 19 N–H and O–H groups in total. The van der Waals surface area contributed by atoms with Crippen molar-refractivity contribution in [2.75, 3.05) is 126 Å². The summed E-state index contributed by atoms with van der Waals surface area (Å²) in [6.45, 7) is 2.56. The maximum atomic E-state index is 14.2. The zero-order valence-electron chi connectivity index (χ0n) is 62.7. The highest BCUT2D eigenvalue weighted by atomic mass is 16.7. The van der Waals surface area contributed by atoms with Gasteiger partial charge >= 0.3 is 0 Å². The first kappa shape index (κ1) is 94.3. The molecule has 4 aliphatic rings. The molecule has 39 heteroatoms. The predicted molar refractivity (Wildman–Crippen MR) is 377 cm³/mol. The van der Waals surface area contributed by atoms with Crippen molar-refractivity contribution in [3.8, 4) is 0 Å². The Labute approximate surface area is 629 Å². The molecule has 3 saturated heterocycles. The first-order valence-electron chi connectivity index (χ1n) is 37.5. The van der Waals surface area contributed by atoms with Crippen LogP contribution in [0.1, 0.15) is 143 Å². The second kappa shape index (κ2) is 53.0. The minimum atomic E-state index is -1.46. The number of carbonyl (C=O) groups excluding carboxylic acids is 10. The lowest BCUT2D eigenvalue weighted by atomic mass is 9.86. The van der Waals surface area contributed by atoms with E-state index in [4.69, 9.17) is 47.4 Å². The van der Waals surface area contributed by atoms with Gasteiger partial charge in [0.25, 0.3) is 0 Å². The molecule has 622 valence electrons. The van der Waals surface area contributed by atoms with Crippen LogP contribution in [0.15, 0.2) is 0 Å². The number of hydrogen-bond acceptors (Lipinski definition) is 29. The molecule has 0 aromatic carbocycles. The molecule has 1 saturated carbocycles. The zero-order valence-corrected chi connectivity index (χ0v) is 62.7. The maximum Gasteiger partial charge on any atom is 0.223 e. The van der Waals surface area contributed by atoms with Gasteiger partial charge in [-0.05, 0) is 83.5 Å². The van der Waals surface area contributed by atoms with Gasteiger partial charge in [0.15, 0.2) is 18.9 Å². The molecule has 4 fully saturated rings. The molecule has 108 heavy (non-hydrogen) atoms. The van der Waals surface area contributed by atoms with Crippen molar-refractivity contribution < 1.29 is 141 Å². The topological polar surface area (TPSA) is 565 Å². The minimum absolute atomic E-state index is 0.0126. The molecule has 15 unspecified atom stereocenters. The van der Waals surface area contributed by atoms with Gasteiger partial charge in [-0.1, -0.05) is 0 Å². The normalized spacial score (nSPS) is 26.8. The van der Waals surface area contributed by atoms with Gasteiger partial charge in [0.2, 0.25) is 59.1 Å². The Balaban J connectivity index is 1.24. The lowest BCUT2D eigenvalue weighted by molar-refractivity contribution is -0.270. The molecule has 3 heterocycles. The van der Waals surface area contributed by atoms with Crippen molar-refractivity contribution in [1.29, 1.82) is 0 Å². The van der Waals surface area contributed by atoms with Gasteiger partial charge in [-0.25, -0.2) is 0 Å². The molecule has 0 spiro atoms. The molecule has 1 aliphatic carbocycles. The van der Waals surface area contributed by atoms with Crippen LogP contribution < -0.4 is 53.2 Å². The van der Waals surface area contributed by atoms with E-state index in [1.54, 1.807) is 7.11 Å². The number of unbranched alkanes of at least 4 members (excludes halogenated alkanes) is 3. The van der Waals surface area contributed by atoms with E-state index in [2.05, 4.69) is 53.2 Å². The number of ether oxygens (including phenoxy) is 10. The van der Waals surface area contributed by atoms with Gasteiger partial charge in [-0.15, -0.1) is 0 Å². The molecule has 0 bridgehead atoms. The number of rotatable bonds is 54. The average molecular weight is 1560 g/mol. The molecule has 0 aromatic heterocycles. The molecule has 10 amide bonds. The van der Waals surface area contributed by atoms with Crippen LogP contribution in [-0.2, 0) is 95.3 Å². The maximum absolute atomic E-state index is 14.2. The van der Waals surface area contributed by atoms with E-state index < -0.39 is 141 Å². The standard InChI is InChI=1S/C69H122N10O29/c1-42(83)76-56-62(95)59(92)47(36-80)106-66(56)103-30-8-5-14-50(86)70-24-11-27-73-53(89)21-33-100-39-69(79-65(98)45-17-19-46(99-4)20-18-45,40-101-34-22-54(90)74-28-12-25-71-51(87)15-6-9-31-104-67-57(77-43(2)84)63(96)60(93)48(37-81)107-67)41-102-35-23-55(91)75-29-13-26-72-52(88)16-7-10-32-105-68-58(78-44(3)85)64(97)61(94)49(38-82)108-68/h45-49,56-64,66-68,80-82,92-97H,5-41H2,1-4H3,(H,70,86)(H,71,87)(H,72,88)(H,73,89)(H,74,90)(H,75,91)(H,76,83)(H,77,84)(H,78,85)(H,79,98). The third kappa shape index (κ3) is 36.0. The van der Waals surface area contributed by atoms with Crippen LogP contribution in [0, 0.1) is 5.92 Å².